The lowest BCUT2D eigenvalue weighted by Crippen LogP contribution is -2.15. The number of rotatable bonds is 4. The van der Waals surface area contributed by atoms with Crippen molar-refractivity contribution in [1.29, 1.82) is 0 Å². The maximum atomic E-state index is 14.3. The molecule has 1 saturated carbocycles. The van der Waals surface area contributed by atoms with Crippen molar-refractivity contribution in [2.45, 2.75) is 45.4 Å². The third kappa shape index (κ3) is 3.91. The van der Waals surface area contributed by atoms with Gasteiger partial charge in [0.05, 0.1) is 0 Å². The minimum atomic E-state index is -0.684. The summed E-state index contributed by atoms with van der Waals surface area (Å²) in [7, 11) is 0. The van der Waals surface area contributed by atoms with E-state index in [0.717, 1.165) is 30.2 Å². The van der Waals surface area contributed by atoms with Crippen LogP contribution in [0.3, 0.4) is 0 Å². The van der Waals surface area contributed by atoms with Crippen molar-refractivity contribution in [2.75, 3.05) is 0 Å². The van der Waals surface area contributed by atoms with Gasteiger partial charge in [-0.2, -0.15) is 0 Å². The second-order valence-corrected chi connectivity index (χ2v) is 6.59. The van der Waals surface area contributed by atoms with Gasteiger partial charge in [0.25, 0.3) is 0 Å². The summed E-state index contributed by atoms with van der Waals surface area (Å²) in [5.74, 6) is -0.759. The summed E-state index contributed by atoms with van der Waals surface area (Å²) < 4.78 is 29.3. The first-order valence-electron chi connectivity index (χ1n) is 7.43. The molecule has 0 bridgehead atoms. The van der Waals surface area contributed by atoms with E-state index in [9.17, 15) is 8.78 Å². The van der Waals surface area contributed by atoms with Crippen LogP contribution in [0.4, 0.5) is 8.78 Å². The van der Waals surface area contributed by atoms with Crippen LogP contribution in [0.25, 0.3) is 5.83 Å². The summed E-state index contributed by atoms with van der Waals surface area (Å²) in [5.41, 5.74) is 0.335. The smallest absolute Gasteiger partial charge is 0.162 e. The van der Waals surface area contributed by atoms with E-state index >= 15 is 0 Å². The predicted molar refractivity (Wildman–Crippen MR) is 83.6 cm³/mol. The van der Waals surface area contributed by atoms with E-state index in [0.29, 0.717) is 11.5 Å². The summed E-state index contributed by atoms with van der Waals surface area (Å²) in [5, 5.41) is 0. The highest BCUT2D eigenvalue weighted by molar-refractivity contribution is 9.10. The van der Waals surface area contributed by atoms with E-state index in [4.69, 9.17) is 0 Å². The van der Waals surface area contributed by atoms with Gasteiger partial charge in [-0.05, 0) is 43.7 Å². The van der Waals surface area contributed by atoms with Crippen molar-refractivity contribution in [2.24, 2.45) is 11.8 Å². The molecular formula is C17H21BrF2. The fraction of sp³-hybridized carbons (Fsp3) is 0.529. The van der Waals surface area contributed by atoms with Crippen LogP contribution in [-0.4, -0.2) is 0 Å². The van der Waals surface area contributed by atoms with Gasteiger partial charge in [-0.1, -0.05) is 47.8 Å². The van der Waals surface area contributed by atoms with Gasteiger partial charge in [0.1, 0.15) is 5.83 Å². The quantitative estimate of drug-likeness (QED) is 0.573. The fourth-order valence-electron chi connectivity index (χ4n) is 3.03. The Bertz CT molecular complexity index is 456. The summed E-state index contributed by atoms with van der Waals surface area (Å²) >= 11 is 3.30. The molecule has 1 aromatic rings. The number of benzene rings is 1. The van der Waals surface area contributed by atoms with Gasteiger partial charge in [0.2, 0.25) is 0 Å². The minimum Gasteiger partial charge on any atom is -0.208 e. The van der Waals surface area contributed by atoms with E-state index in [1.54, 1.807) is 24.3 Å². The molecule has 0 aliphatic heterocycles. The van der Waals surface area contributed by atoms with Crippen LogP contribution in [0.15, 0.2) is 34.6 Å². The molecule has 0 amide bonds. The molecule has 0 unspecified atom stereocenters. The Morgan fingerprint density at radius 1 is 1.10 bits per heavy atom. The SMILES string of the molecule is CCCC1CCC(C(F)=C(F)c2ccc(Br)cc2)CC1. The van der Waals surface area contributed by atoms with E-state index in [1.165, 1.54) is 12.8 Å². The van der Waals surface area contributed by atoms with Gasteiger partial charge in [0, 0.05) is 16.0 Å². The second-order valence-electron chi connectivity index (χ2n) is 5.68. The first-order chi connectivity index (χ1) is 9.61. The Balaban J connectivity index is 2.04. The van der Waals surface area contributed by atoms with E-state index in [1.807, 2.05) is 0 Å². The highest BCUT2D eigenvalue weighted by atomic mass is 79.9. The van der Waals surface area contributed by atoms with Crippen molar-refractivity contribution in [1.82, 2.24) is 0 Å². The molecule has 0 N–H and O–H groups in total. The molecule has 0 spiro atoms. The maximum absolute atomic E-state index is 14.3. The third-order valence-corrected chi connectivity index (χ3v) is 4.74. The van der Waals surface area contributed by atoms with Crippen LogP contribution in [-0.2, 0) is 0 Å². The average molecular weight is 343 g/mol. The van der Waals surface area contributed by atoms with Crippen molar-refractivity contribution in [3.8, 4) is 0 Å². The normalized spacial score (nSPS) is 24.4. The van der Waals surface area contributed by atoms with E-state index < -0.39 is 11.7 Å². The lowest BCUT2D eigenvalue weighted by atomic mass is 9.79. The van der Waals surface area contributed by atoms with Crippen LogP contribution in [0.5, 0.6) is 0 Å². The van der Waals surface area contributed by atoms with Gasteiger partial charge >= 0.3 is 0 Å². The summed E-state index contributed by atoms with van der Waals surface area (Å²) in [6, 6.07) is 6.70. The molecule has 3 heteroatoms. The first-order valence-corrected chi connectivity index (χ1v) is 8.22. The van der Waals surface area contributed by atoms with Crippen molar-refractivity contribution in [3.63, 3.8) is 0 Å². The molecule has 0 heterocycles. The predicted octanol–water partition coefficient (Wildman–Crippen LogP) is 6.66. The number of halogens is 3. The molecule has 1 fully saturated rings. The number of hydrogen-bond donors (Lipinski definition) is 0. The monoisotopic (exact) mass is 342 g/mol. The van der Waals surface area contributed by atoms with Gasteiger partial charge in [-0.25, -0.2) is 8.78 Å². The molecule has 1 aliphatic carbocycles. The molecule has 1 aromatic carbocycles. The van der Waals surface area contributed by atoms with Crippen LogP contribution in [0, 0.1) is 11.8 Å². The molecule has 110 valence electrons. The molecular weight excluding hydrogens is 322 g/mol. The topological polar surface area (TPSA) is 0 Å². The zero-order valence-corrected chi connectivity index (χ0v) is 13.4. The number of hydrogen-bond acceptors (Lipinski definition) is 0. The molecule has 20 heavy (non-hydrogen) atoms. The summed E-state index contributed by atoms with van der Waals surface area (Å²) in [6.07, 6.45) is 6.01. The number of allylic oxidation sites excluding steroid dienone is 1. The van der Waals surface area contributed by atoms with Crippen molar-refractivity contribution < 1.29 is 8.78 Å². The largest absolute Gasteiger partial charge is 0.208 e. The van der Waals surface area contributed by atoms with Gasteiger partial charge in [0.15, 0.2) is 5.83 Å². The minimum absolute atomic E-state index is 0.230. The lowest BCUT2D eigenvalue weighted by Gasteiger charge is -2.27. The Labute approximate surface area is 128 Å². The van der Waals surface area contributed by atoms with Crippen LogP contribution in [0.2, 0.25) is 0 Å². The standard InChI is InChI=1S/C17H21BrF2/c1-2-3-12-4-6-13(7-5-12)16(19)17(20)14-8-10-15(18)11-9-14/h8-13H,2-7H2,1H3. The van der Waals surface area contributed by atoms with Gasteiger partial charge < -0.3 is 0 Å². The van der Waals surface area contributed by atoms with E-state index in [2.05, 4.69) is 22.9 Å². The molecule has 0 aromatic heterocycles. The highest BCUT2D eigenvalue weighted by Crippen LogP contribution is 2.39. The lowest BCUT2D eigenvalue weighted by molar-refractivity contribution is 0.261. The molecule has 0 radical (unpaired) electrons. The molecule has 2 rings (SSSR count). The summed E-state index contributed by atoms with van der Waals surface area (Å²) in [4.78, 5) is 0. The fourth-order valence-corrected chi connectivity index (χ4v) is 3.29. The van der Waals surface area contributed by atoms with Gasteiger partial charge in [-0.15, -0.1) is 0 Å². The van der Waals surface area contributed by atoms with Gasteiger partial charge in [-0.3, -0.25) is 0 Å². The highest BCUT2D eigenvalue weighted by Gasteiger charge is 2.26. The second kappa shape index (κ2) is 7.35. The molecule has 1 aliphatic rings. The Kier molecular flexibility index (Phi) is 5.76. The summed E-state index contributed by atoms with van der Waals surface area (Å²) in [6.45, 7) is 2.18. The zero-order valence-electron chi connectivity index (χ0n) is 11.8. The van der Waals surface area contributed by atoms with Crippen LogP contribution >= 0.6 is 15.9 Å². The third-order valence-electron chi connectivity index (χ3n) is 4.21. The van der Waals surface area contributed by atoms with E-state index in [-0.39, 0.29) is 5.92 Å². The van der Waals surface area contributed by atoms with Crippen molar-refractivity contribution in [3.05, 3.63) is 40.1 Å². The van der Waals surface area contributed by atoms with Crippen LogP contribution in [0.1, 0.15) is 51.0 Å². The molecule has 0 saturated heterocycles. The maximum Gasteiger partial charge on any atom is 0.162 e. The molecule has 0 nitrogen and oxygen atoms in total. The Morgan fingerprint density at radius 3 is 2.25 bits per heavy atom. The zero-order chi connectivity index (χ0) is 14.5. The van der Waals surface area contributed by atoms with Crippen LogP contribution < -0.4 is 0 Å². The molecule has 0 atom stereocenters. The Morgan fingerprint density at radius 2 is 1.70 bits per heavy atom. The first kappa shape index (κ1) is 15.7. The van der Waals surface area contributed by atoms with Crippen molar-refractivity contribution >= 4 is 21.8 Å². The Hall–Kier alpha value is -0.700. The average Bonchev–Trinajstić information content (AvgIpc) is 2.48.